The largest absolute Gasteiger partial charge is 0.481 e. The molecule has 94 valence electrons. The van der Waals surface area contributed by atoms with Crippen molar-refractivity contribution in [1.82, 2.24) is 4.72 Å². The van der Waals surface area contributed by atoms with E-state index in [1.54, 1.807) is 24.3 Å². The second-order valence-corrected chi connectivity index (χ2v) is 5.46. The summed E-state index contributed by atoms with van der Waals surface area (Å²) in [4.78, 5) is 10.3. The fourth-order valence-corrected chi connectivity index (χ4v) is 2.16. The lowest BCUT2D eigenvalue weighted by atomic mass is 10.2. The second kappa shape index (κ2) is 5.65. The molecule has 4 N–H and O–H groups in total. The van der Waals surface area contributed by atoms with Gasteiger partial charge in [-0.1, -0.05) is 12.1 Å². The number of nitrogens with two attached hydrogens (primary N) is 1. The van der Waals surface area contributed by atoms with Crippen LogP contribution in [-0.4, -0.2) is 25.2 Å². The Morgan fingerprint density at radius 3 is 2.71 bits per heavy atom. The average Bonchev–Trinajstić information content (AvgIpc) is 2.24. The molecule has 17 heavy (non-hydrogen) atoms. The summed E-state index contributed by atoms with van der Waals surface area (Å²) in [6.45, 7) is 0.104. The van der Waals surface area contributed by atoms with Gasteiger partial charge < -0.3 is 10.8 Å². The van der Waals surface area contributed by atoms with Crippen molar-refractivity contribution in [2.24, 2.45) is 0 Å². The molecule has 0 aliphatic carbocycles. The molecule has 1 aromatic carbocycles. The Morgan fingerprint density at radius 1 is 1.41 bits per heavy atom. The summed E-state index contributed by atoms with van der Waals surface area (Å²) >= 11 is 0. The Labute approximate surface area is 99.5 Å². The van der Waals surface area contributed by atoms with Gasteiger partial charge in [0.25, 0.3) is 0 Å². The van der Waals surface area contributed by atoms with Crippen LogP contribution in [0.25, 0.3) is 0 Å². The third-order valence-corrected chi connectivity index (χ3v) is 3.36. The highest BCUT2D eigenvalue weighted by Gasteiger charge is 2.12. The number of rotatable bonds is 6. The molecule has 0 aliphatic rings. The van der Waals surface area contributed by atoms with E-state index >= 15 is 0 Å². The van der Waals surface area contributed by atoms with Crippen molar-refractivity contribution in [2.45, 2.75) is 13.0 Å². The van der Waals surface area contributed by atoms with E-state index in [-0.39, 0.29) is 6.54 Å². The lowest BCUT2D eigenvalue weighted by molar-refractivity contribution is -0.136. The predicted octanol–water partition coefficient (Wildman–Crippen LogP) is 0.163. The average molecular weight is 258 g/mol. The topological polar surface area (TPSA) is 109 Å². The van der Waals surface area contributed by atoms with Gasteiger partial charge >= 0.3 is 5.97 Å². The molecular formula is C10H14N2O4S. The van der Waals surface area contributed by atoms with Gasteiger partial charge in [-0.25, -0.2) is 13.1 Å². The van der Waals surface area contributed by atoms with Gasteiger partial charge in [0.05, 0.1) is 12.2 Å². The standard InChI is InChI=1S/C10H14N2O4S/c11-9-3-1-2-8(6-9)7-12-17(15,16)5-4-10(13)14/h1-3,6,12H,4-5,7,11H2,(H,13,14). The van der Waals surface area contributed by atoms with E-state index < -0.39 is 28.2 Å². The van der Waals surface area contributed by atoms with E-state index in [0.29, 0.717) is 5.69 Å². The van der Waals surface area contributed by atoms with Crippen LogP contribution in [0.3, 0.4) is 0 Å². The number of nitrogens with one attached hydrogen (secondary N) is 1. The first kappa shape index (κ1) is 13.5. The van der Waals surface area contributed by atoms with Gasteiger partial charge in [0, 0.05) is 12.2 Å². The molecule has 0 unspecified atom stereocenters. The number of carboxylic acids is 1. The van der Waals surface area contributed by atoms with E-state index in [1.807, 2.05) is 0 Å². The Hall–Kier alpha value is -1.60. The first-order chi connectivity index (χ1) is 7.89. The van der Waals surface area contributed by atoms with Gasteiger partial charge in [-0.2, -0.15) is 0 Å². The summed E-state index contributed by atoms with van der Waals surface area (Å²) in [6, 6.07) is 6.80. The first-order valence-electron chi connectivity index (χ1n) is 4.92. The molecule has 1 aromatic rings. The van der Waals surface area contributed by atoms with E-state index in [1.165, 1.54) is 0 Å². The van der Waals surface area contributed by atoms with Crippen LogP contribution in [0.1, 0.15) is 12.0 Å². The molecule has 0 fully saturated rings. The van der Waals surface area contributed by atoms with E-state index in [2.05, 4.69) is 4.72 Å². The molecule has 0 saturated carbocycles. The van der Waals surface area contributed by atoms with Gasteiger partial charge in [0.2, 0.25) is 10.0 Å². The first-order valence-corrected chi connectivity index (χ1v) is 6.58. The van der Waals surface area contributed by atoms with Crippen LogP contribution < -0.4 is 10.5 Å². The van der Waals surface area contributed by atoms with Crippen LogP contribution in [0.2, 0.25) is 0 Å². The SMILES string of the molecule is Nc1cccc(CNS(=O)(=O)CCC(=O)O)c1. The highest BCUT2D eigenvalue weighted by Crippen LogP contribution is 2.06. The normalized spacial score (nSPS) is 11.3. The minimum Gasteiger partial charge on any atom is -0.481 e. The number of hydrogen-bond acceptors (Lipinski definition) is 4. The zero-order chi connectivity index (χ0) is 12.9. The zero-order valence-electron chi connectivity index (χ0n) is 9.09. The van der Waals surface area contributed by atoms with Crippen molar-refractivity contribution in [3.05, 3.63) is 29.8 Å². The Morgan fingerprint density at radius 2 is 2.12 bits per heavy atom. The molecule has 0 spiro atoms. The van der Waals surface area contributed by atoms with E-state index in [0.717, 1.165) is 5.56 Å². The molecule has 0 atom stereocenters. The number of anilines is 1. The smallest absolute Gasteiger partial charge is 0.304 e. The molecule has 0 amide bonds. The minimum absolute atomic E-state index is 0.104. The predicted molar refractivity (Wildman–Crippen MR) is 63.7 cm³/mol. The molecular weight excluding hydrogens is 244 g/mol. The fourth-order valence-electron chi connectivity index (χ4n) is 1.19. The summed E-state index contributed by atoms with van der Waals surface area (Å²) < 4.78 is 25.1. The molecule has 1 rings (SSSR count). The van der Waals surface area contributed by atoms with Gasteiger partial charge in [-0.05, 0) is 17.7 Å². The summed E-state index contributed by atoms with van der Waals surface area (Å²) in [7, 11) is -3.56. The Balaban J connectivity index is 2.52. The Bertz CT molecular complexity index is 499. The van der Waals surface area contributed by atoms with Crippen LogP contribution in [0.4, 0.5) is 5.69 Å². The molecule has 0 aromatic heterocycles. The zero-order valence-corrected chi connectivity index (χ0v) is 9.90. The quantitative estimate of drug-likeness (QED) is 0.630. The fraction of sp³-hybridized carbons (Fsp3) is 0.300. The number of hydrogen-bond donors (Lipinski definition) is 3. The molecule has 0 radical (unpaired) electrons. The van der Waals surface area contributed by atoms with Crippen LogP contribution in [0.15, 0.2) is 24.3 Å². The van der Waals surface area contributed by atoms with Crippen LogP contribution in [-0.2, 0) is 21.4 Å². The lowest BCUT2D eigenvalue weighted by Crippen LogP contribution is -2.27. The maximum atomic E-state index is 11.4. The molecule has 0 saturated heterocycles. The van der Waals surface area contributed by atoms with Crippen LogP contribution >= 0.6 is 0 Å². The summed E-state index contributed by atoms with van der Waals surface area (Å²) in [5, 5.41) is 8.39. The number of nitrogen functional groups attached to an aromatic ring is 1. The van der Waals surface area contributed by atoms with Gasteiger partial charge in [-0.15, -0.1) is 0 Å². The molecule has 0 bridgehead atoms. The maximum absolute atomic E-state index is 11.4. The number of benzene rings is 1. The van der Waals surface area contributed by atoms with Gasteiger partial charge in [0.1, 0.15) is 0 Å². The maximum Gasteiger partial charge on any atom is 0.304 e. The molecule has 0 aliphatic heterocycles. The van der Waals surface area contributed by atoms with Crippen molar-refractivity contribution >= 4 is 21.7 Å². The third-order valence-electron chi connectivity index (χ3n) is 2.03. The van der Waals surface area contributed by atoms with Crippen molar-refractivity contribution in [1.29, 1.82) is 0 Å². The van der Waals surface area contributed by atoms with Gasteiger partial charge in [0.15, 0.2) is 0 Å². The van der Waals surface area contributed by atoms with Crippen molar-refractivity contribution in [3.8, 4) is 0 Å². The van der Waals surface area contributed by atoms with Crippen LogP contribution in [0.5, 0.6) is 0 Å². The number of aliphatic carboxylic acids is 1. The van der Waals surface area contributed by atoms with Crippen molar-refractivity contribution in [2.75, 3.05) is 11.5 Å². The van der Waals surface area contributed by atoms with Crippen molar-refractivity contribution in [3.63, 3.8) is 0 Å². The van der Waals surface area contributed by atoms with Gasteiger partial charge in [-0.3, -0.25) is 4.79 Å². The number of carboxylic acid groups (broad SMARTS) is 1. The Kier molecular flexibility index (Phi) is 4.47. The monoisotopic (exact) mass is 258 g/mol. The van der Waals surface area contributed by atoms with Crippen molar-refractivity contribution < 1.29 is 18.3 Å². The molecule has 0 heterocycles. The van der Waals surface area contributed by atoms with Crippen LogP contribution in [0, 0.1) is 0 Å². The number of carbonyl (C=O) groups is 1. The number of sulfonamides is 1. The highest BCUT2D eigenvalue weighted by atomic mass is 32.2. The minimum atomic E-state index is -3.56. The summed E-state index contributed by atoms with van der Waals surface area (Å²) in [5.74, 6) is -1.57. The third kappa shape index (κ3) is 5.32. The lowest BCUT2D eigenvalue weighted by Gasteiger charge is -2.06. The molecule has 7 heteroatoms. The van der Waals surface area contributed by atoms with E-state index in [4.69, 9.17) is 10.8 Å². The summed E-state index contributed by atoms with van der Waals surface area (Å²) in [5.41, 5.74) is 6.82. The molecule has 6 nitrogen and oxygen atoms in total. The summed E-state index contributed by atoms with van der Waals surface area (Å²) in [6.07, 6.45) is -0.410. The highest BCUT2D eigenvalue weighted by molar-refractivity contribution is 7.89. The van der Waals surface area contributed by atoms with E-state index in [9.17, 15) is 13.2 Å². The second-order valence-electron chi connectivity index (χ2n) is 3.53.